The van der Waals surface area contributed by atoms with Crippen LogP contribution in [-0.2, 0) is 0 Å². The number of hydrogen-bond acceptors (Lipinski definition) is 3. The monoisotopic (exact) mass is 278 g/mol. The van der Waals surface area contributed by atoms with Crippen LogP contribution in [0.4, 0.5) is 5.95 Å². The molecule has 3 rings (SSSR count). The summed E-state index contributed by atoms with van der Waals surface area (Å²) in [5.41, 5.74) is 7.86. The van der Waals surface area contributed by atoms with Gasteiger partial charge >= 0.3 is 0 Å². The number of anilines is 1. The molecule has 0 atom stereocenters. The highest BCUT2D eigenvalue weighted by Gasteiger charge is 2.11. The summed E-state index contributed by atoms with van der Waals surface area (Å²) in [5, 5.41) is 5.13. The Morgan fingerprint density at radius 2 is 1.83 bits per heavy atom. The summed E-state index contributed by atoms with van der Waals surface area (Å²) in [6.45, 7) is 0. The van der Waals surface area contributed by atoms with Gasteiger partial charge in [-0.3, -0.25) is 0 Å². The molecule has 4 nitrogen and oxygen atoms in total. The summed E-state index contributed by atoms with van der Waals surface area (Å²) in [7, 11) is 0. The number of halogens is 2. The van der Waals surface area contributed by atoms with Crippen molar-refractivity contribution in [3.05, 3.63) is 46.4 Å². The van der Waals surface area contributed by atoms with Gasteiger partial charge in [-0.25, -0.2) is 4.52 Å². The van der Waals surface area contributed by atoms with Crippen LogP contribution in [0.25, 0.3) is 16.9 Å². The molecule has 2 heterocycles. The third-order valence-electron chi connectivity index (χ3n) is 2.60. The van der Waals surface area contributed by atoms with Gasteiger partial charge in [0.2, 0.25) is 5.95 Å². The summed E-state index contributed by atoms with van der Waals surface area (Å²) >= 11 is 12.2. The molecule has 0 aliphatic heterocycles. The predicted octanol–water partition coefficient (Wildman–Crippen LogP) is 3.29. The van der Waals surface area contributed by atoms with Gasteiger partial charge in [-0.1, -0.05) is 41.4 Å². The first-order chi connectivity index (χ1) is 8.66. The first-order valence-corrected chi connectivity index (χ1v) is 5.98. The second kappa shape index (κ2) is 4.15. The fourth-order valence-corrected chi connectivity index (χ4v) is 2.22. The zero-order chi connectivity index (χ0) is 12.7. The molecule has 0 spiro atoms. The number of nitrogen functional groups attached to an aromatic ring is 1. The summed E-state index contributed by atoms with van der Waals surface area (Å²) < 4.78 is 1.65. The van der Waals surface area contributed by atoms with Crippen molar-refractivity contribution in [2.24, 2.45) is 0 Å². The fourth-order valence-electron chi connectivity index (χ4n) is 1.83. The zero-order valence-electron chi connectivity index (χ0n) is 9.14. The molecule has 90 valence electrons. The van der Waals surface area contributed by atoms with E-state index in [1.54, 1.807) is 10.6 Å². The Kier molecular flexibility index (Phi) is 2.61. The maximum atomic E-state index is 6.21. The van der Waals surface area contributed by atoms with E-state index in [1.807, 2.05) is 30.3 Å². The minimum Gasteiger partial charge on any atom is -0.366 e. The summed E-state index contributed by atoms with van der Waals surface area (Å²) in [6.07, 6.45) is 0. The quantitative estimate of drug-likeness (QED) is 0.743. The molecule has 2 N–H and O–H groups in total. The molecule has 6 heteroatoms. The molecule has 0 radical (unpaired) electrons. The van der Waals surface area contributed by atoms with Crippen molar-refractivity contribution in [1.82, 2.24) is 14.6 Å². The van der Waals surface area contributed by atoms with Crippen molar-refractivity contribution in [3.8, 4) is 11.3 Å². The van der Waals surface area contributed by atoms with E-state index in [0.29, 0.717) is 15.7 Å². The number of pyridine rings is 1. The van der Waals surface area contributed by atoms with Gasteiger partial charge in [0.25, 0.3) is 0 Å². The Morgan fingerprint density at radius 3 is 2.67 bits per heavy atom. The largest absolute Gasteiger partial charge is 0.366 e. The summed E-state index contributed by atoms with van der Waals surface area (Å²) in [6, 6.07) is 11.0. The average molecular weight is 279 g/mol. The van der Waals surface area contributed by atoms with Crippen LogP contribution in [0.2, 0.25) is 10.0 Å². The van der Waals surface area contributed by atoms with Crippen LogP contribution < -0.4 is 5.73 Å². The van der Waals surface area contributed by atoms with Crippen molar-refractivity contribution in [1.29, 1.82) is 0 Å². The van der Waals surface area contributed by atoms with E-state index in [4.69, 9.17) is 28.9 Å². The normalized spacial score (nSPS) is 11.0. The van der Waals surface area contributed by atoms with E-state index in [1.165, 1.54) is 0 Å². The van der Waals surface area contributed by atoms with E-state index in [0.717, 1.165) is 11.3 Å². The second-order valence-electron chi connectivity index (χ2n) is 3.75. The van der Waals surface area contributed by atoms with E-state index in [2.05, 4.69) is 10.1 Å². The molecule has 0 fully saturated rings. The van der Waals surface area contributed by atoms with Crippen LogP contribution >= 0.6 is 23.2 Å². The smallest absolute Gasteiger partial charge is 0.240 e. The summed E-state index contributed by atoms with van der Waals surface area (Å²) in [5.74, 6) is 0.223. The third-order valence-corrected chi connectivity index (χ3v) is 3.42. The lowest BCUT2D eigenvalue weighted by atomic mass is 10.1. The van der Waals surface area contributed by atoms with Crippen molar-refractivity contribution in [3.63, 3.8) is 0 Å². The maximum Gasteiger partial charge on any atom is 0.240 e. The second-order valence-corrected chi connectivity index (χ2v) is 4.54. The molecule has 3 aromatic rings. The number of benzene rings is 1. The molecule has 0 aliphatic carbocycles. The SMILES string of the molecule is Nc1nc2cccc(-c3cccc(Cl)c3Cl)n2n1. The van der Waals surface area contributed by atoms with Gasteiger partial charge < -0.3 is 5.73 Å². The Bertz CT molecular complexity index is 736. The van der Waals surface area contributed by atoms with Gasteiger partial charge in [0.15, 0.2) is 5.65 Å². The number of aromatic nitrogens is 3. The highest BCUT2D eigenvalue weighted by Crippen LogP contribution is 2.33. The fraction of sp³-hybridized carbons (Fsp3) is 0. The van der Waals surface area contributed by atoms with Crippen molar-refractivity contribution in [2.75, 3.05) is 5.73 Å². The van der Waals surface area contributed by atoms with Crippen LogP contribution in [0.1, 0.15) is 0 Å². The van der Waals surface area contributed by atoms with Crippen LogP contribution in [0.5, 0.6) is 0 Å². The van der Waals surface area contributed by atoms with Gasteiger partial charge in [-0.15, -0.1) is 5.10 Å². The Hall–Kier alpha value is -1.78. The standard InChI is InChI=1S/C12H8Cl2N4/c13-8-4-1-3-7(11(8)14)9-5-2-6-10-16-12(15)17-18(9)10/h1-6H,(H2,15,17). The Balaban J connectivity index is 2.34. The van der Waals surface area contributed by atoms with Crippen LogP contribution in [0.3, 0.4) is 0 Å². The lowest BCUT2D eigenvalue weighted by molar-refractivity contribution is 0.976. The molecule has 0 unspecified atom stereocenters. The van der Waals surface area contributed by atoms with Crippen LogP contribution in [0.15, 0.2) is 36.4 Å². The average Bonchev–Trinajstić information content (AvgIpc) is 2.73. The molecule has 2 aromatic heterocycles. The number of nitrogens with two attached hydrogens (primary N) is 1. The number of rotatable bonds is 1. The molecule has 0 bridgehead atoms. The van der Waals surface area contributed by atoms with Gasteiger partial charge in [0.05, 0.1) is 15.7 Å². The molecule has 0 amide bonds. The highest BCUT2D eigenvalue weighted by molar-refractivity contribution is 6.43. The molecule has 1 aromatic carbocycles. The molecule has 0 saturated heterocycles. The third kappa shape index (κ3) is 1.70. The number of nitrogens with zero attached hydrogens (tertiary/aromatic N) is 3. The van der Waals surface area contributed by atoms with Crippen LogP contribution in [-0.4, -0.2) is 14.6 Å². The minimum atomic E-state index is 0.223. The lowest BCUT2D eigenvalue weighted by Crippen LogP contribution is -1.95. The van der Waals surface area contributed by atoms with Gasteiger partial charge in [-0.05, 0) is 18.2 Å². The van der Waals surface area contributed by atoms with Crippen LogP contribution in [0, 0.1) is 0 Å². The highest BCUT2D eigenvalue weighted by atomic mass is 35.5. The number of hydrogen-bond donors (Lipinski definition) is 1. The van der Waals surface area contributed by atoms with Crippen molar-refractivity contribution < 1.29 is 0 Å². The topological polar surface area (TPSA) is 56.2 Å². The molecule has 0 saturated carbocycles. The van der Waals surface area contributed by atoms with Gasteiger partial charge in [0, 0.05) is 5.56 Å². The van der Waals surface area contributed by atoms with Crippen molar-refractivity contribution >= 4 is 34.8 Å². The summed E-state index contributed by atoms with van der Waals surface area (Å²) in [4.78, 5) is 4.10. The maximum absolute atomic E-state index is 6.21. The van der Waals surface area contributed by atoms with E-state index in [9.17, 15) is 0 Å². The zero-order valence-corrected chi connectivity index (χ0v) is 10.7. The molecular formula is C12H8Cl2N4. The minimum absolute atomic E-state index is 0.223. The molecule has 0 aliphatic rings. The van der Waals surface area contributed by atoms with Crippen molar-refractivity contribution in [2.45, 2.75) is 0 Å². The first kappa shape index (κ1) is 11.3. The Morgan fingerprint density at radius 1 is 1.06 bits per heavy atom. The van der Waals surface area contributed by atoms with E-state index in [-0.39, 0.29) is 5.95 Å². The molecular weight excluding hydrogens is 271 g/mol. The van der Waals surface area contributed by atoms with E-state index < -0.39 is 0 Å². The van der Waals surface area contributed by atoms with Gasteiger partial charge in [-0.2, -0.15) is 4.98 Å². The Labute approximate surface area is 113 Å². The number of fused-ring (bicyclic) bond motifs is 1. The first-order valence-electron chi connectivity index (χ1n) is 5.22. The molecule has 18 heavy (non-hydrogen) atoms. The lowest BCUT2D eigenvalue weighted by Gasteiger charge is -2.07. The van der Waals surface area contributed by atoms with E-state index >= 15 is 0 Å². The van der Waals surface area contributed by atoms with Gasteiger partial charge in [0.1, 0.15) is 0 Å². The predicted molar refractivity (Wildman–Crippen MR) is 72.9 cm³/mol.